The number of methoxy groups -OCH3 is 1. The number of allylic oxidation sites excluding steroid dienone is 2. The van der Waals surface area contributed by atoms with Crippen LogP contribution >= 0.6 is 11.3 Å². The number of carbonyl (C=O) groups excluding carboxylic acids is 1. The smallest absolute Gasteiger partial charge is 0.268 e. The number of benzene rings is 2. The van der Waals surface area contributed by atoms with E-state index in [-0.39, 0.29) is 5.57 Å². The van der Waals surface area contributed by atoms with Gasteiger partial charge in [-0.1, -0.05) is 11.6 Å². The number of hydrogen-bond acceptors (Lipinski definition) is 6. The topological polar surface area (TPSA) is 84.2 Å². The second kappa shape index (κ2) is 8.23. The van der Waals surface area contributed by atoms with Gasteiger partial charge in [-0.15, -0.1) is 11.3 Å². The van der Waals surface area contributed by atoms with Crippen LogP contribution in [-0.2, 0) is 4.79 Å². The van der Waals surface area contributed by atoms with Crippen LogP contribution in [0.4, 0.5) is 5.13 Å². The largest absolute Gasteiger partial charge is 0.497 e. The van der Waals surface area contributed by atoms with Crippen molar-refractivity contribution in [2.45, 2.75) is 6.92 Å². The Kier molecular flexibility index (Phi) is 5.33. The van der Waals surface area contributed by atoms with Crippen LogP contribution in [0.3, 0.4) is 0 Å². The van der Waals surface area contributed by atoms with Gasteiger partial charge in [-0.25, -0.2) is 4.98 Å². The van der Waals surface area contributed by atoms with Crippen LogP contribution in [-0.4, -0.2) is 18.0 Å². The number of fused-ring (bicyclic) bond motifs is 1. The highest BCUT2D eigenvalue weighted by atomic mass is 32.1. The minimum absolute atomic E-state index is 0.00800. The zero-order valence-corrected chi connectivity index (χ0v) is 17.1. The molecule has 2 heterocycles. The molecule has 0 saturated carbocycles. The van der Waals surface area contributed by atoms with E-state index in [4.69, 9.17) is 9.47 Å². The van der Waals surface area contributed by atoms with Gasteiger partial charge >= 0.3 is 0 Å². The molecule has 1 aliphatic heterocycles. The molecule has 1 aliphatic rings. The first kappa shape index (κ1) is 19.4. The fraction of sp³-hybridized carbons (Fsp3) is 0.0870. The van der Waals surface area contributed by atoms with E-state index in [1.807, 2.05) is 49.4 Å². The van der Waals surface area contributed by atoms with E-state index in [0.29, 0.717) is 27.8 Å². The summed E-state index contributed by atoms with van der Waals surface area (Å²) in [5.74, 6) is 1.34. The highest BCUT2D eigenvalue weighted by molar-refractivity contribution is 7.13. The third-order valence-corrected chi connectivity index (χ3v) is 5.24. The lowest BCUT2D eigenvalue weighted by Gasteiger charge is -2.22. The molecule has 0 atom stereocenters. The standard InChI is InChI=1S/C23H17N3O3S/c1-14-3-8-20-18(11-14)17(19(13-24)22(27)26-23-25-9-10-30-23)12-21(29-20)15-4-6-16(28-2)7-5-15/h3-12H,1-2H3,(H,25,26,27). The maximum atomic E-state index is 12.9. The summed E-state index contributed by atoms with van der Waals surface area (Å²) in [4.78, 5) is 16.9. The summed E-state index contributed by atoms with van der Waals surface area (Å²) in [5.41, 5.74) is 2.98. The highest BCUT2D eigenvalue weighted by Crippen LogP contribution is 2.39. The van der Waals surface area contributed by atoms with Gasteiger partial charge in [-0.3, -0.25) is 10.1 Å². The number of nitriles is 1. The summed E-state index contributed by atoms with van der Waals surface area (Å²) in [6.45, 7) is 1.95. The van der Waals surface area contributed by atoms with Gasteiger partial charge < -0.3 is 9.47 Å². The molecule has 0 spiro atoms. The highest BCUT2D eigenvalue weighted by Gasteiger charge is 2.24. The number of aromatic nitrogens is 1. The molecule has 0 fully saturated rings. The van der Waals surface area contributed by atoms with Crippen molar-refractivity contribution in [1.82, 2.24) is 4.98 Å². The summed E-state index contributed by atoms with van der Waals surface area (Å²) in [7, 11) is 1.60. The van der Waals surface area contributed by atoms with Gasteiger partial charge in [0, 0.05) is 28.3 Å². The van der Waals surface area contributed by atoms with E-state index in [1.165, 1.54) is 11.3 Å². The molecule has 3 aromatic rings. The third-order valence-electron chi connectivity index (χ3n) is 4.56. The van der Waals surface area contributed by atoms with Crippen molar-refractivity contribution >= 4 is 33.7 Å². The molecule has 148 valence electrons. The zero-order valence-electron chi connectivity index (χ0n) is 16.3. The van der Waals surface area contributed by atoms with E-state index in [2.05, 4.69) is 16.4 Å². The molecule has 4 rings (SSSR count). The number of carbonyl (C=O) groups is 1. The lowest BCUT2D eigenvalue weighted by molar-refractivity contribution is -0.112. The molecule has 0 bridgehead atoms. The first-order chi connectivity index (χ1) is 14.6. The average molecular weight is 415 g/mol. The minimum atomic E-state index is -0.512. The van der Waals surface area contributed by atoms with Crippen LogP contribution in [0.15, 0.2) is 65.7 Å². The zero-order chi connectivity index (χ0) is 21.1. The van der Waals surface area contributed by atoms with E-state index < -0.39 is 5.91 Å². The van der Waals surface area contributed by atoms with Crippen molar-refractivity contribution < 1.29 is 14.3 Å². The first-order valence-corrected chi connectivity index (χ1v) is 9.97. The predicted molar refractivity (Wildman–Crippen MR) is 116 cm³/mol. The molecule has 1 N–H and O–H groups in total. The normalized spacial score (nSPS) is 14.0. The molecule has 7 heteroatoms. The fourth-order valence-electron chi connectivity index (χ4n) is 3.08. The van der Waals surface area contributed by atoms with Gasteiger partial charge in [0.05, 0.1) is 7.11 Å². The second-order valence-corrected chi connectivity index (χ2v) is 7.43. The van der Waals surface area contributed by atoms with Crippen molar-refractivity contribution in [1.29, 1.82) is 5.26 Å². The predicted octanol–water partition coefficient (Wildman–Crippen LogP) is 4.81. The van der Waals surface area contributed by atoms with Crippen LogP contribution in [0.1, 0.15) is 16.7 Å². The Morgan fingerprint density at radius 1 is 1.23 bits per heavy atom. The Balaban J connectivity index is 1.83. The summed E-state index contributed by atoms with van der Waals surface area (Å²) in [6, 6.07) is 15.1. The number of hydrogen-bond donors (Lipinski definition) is 1. The molecular weight excluding hydrogens is 398 g/mol. The maximum absolute atomic E-state index is 12.9. The number of ether oxygens (including phenoxy) is 2. The Bertz CT molecular complexity index is 1200. The van der Waals surface area contributed by atoms with Gasteiger partial charge in [0.15, 0.2) is 5.13 Å². The van der Waals surface area contributed by atoms with E-state index in [1.54, 1.807) is 24.8 Å². The van der Waals surface area contributed by atoms with E-state index in [9.17, 15) is 10.1 Å². The fourth-order valence-corrected chi connectivity index (χ4v) is 3.61. The summed E-state index contributed by atoms with van der Waals surface area (Å²) < 4.78 is 11.3. The number of aryl methyl sites for hydroxylation is 1. The summed E-state index contributed by atoms with van der Waals surface area (Å²) in [5, 5.41) is 14.7. The number of nitrogens with one attached hydrogen (secondary N) is 1. The van der Waals surface area contributed by atoms with Gasteiger partial charge in [0.2, 0.25) is 0 Å². The summed E-state index contributed by atoms with van der Waals surface area (Å²) >= 11 is 1.29. The Morgan fingerprint density at radius 3 is 2.70 bits per heavy atom. The number of anilines is 1. The first-order valence-electron chi connectivity index (χ1n) is 9.09. The molecular formula is C23H17N3O3S. The molecule has 0 aliphatic carbocycles. The number of nitrogens with zero attached hydrogens (tertiary/aromatic N) is 2. The van der Waals surface area contributed by atoms with E-state index in [0.717, 1.165) is 16.9 Å². The maximum Gasteiger partial charge on any atom is 0.268 e. The van der Waals surface area contributed by atoms with Crippen molar-refractivity contribution in [2.24, 2.45) is 0 Å². The van der Waals surface area contributed by atoms with Crippen molar-refractivity contribution in [3.05, 3.63) is 82.4 Å². The molecule has 0 saturated heterocycles. The minimum Gasteiger partial charge on any atom is -0.497 e. The SMILES string of the molecule is COc1ccc(C2=CC(=C(C#N)C(=O)Nc3nccs3)c3cc(C)ccc3O2)cc1. The molecule has 0 radical (unpaired) electrons. The van der Waals surface area contributed by atoms with Crippen LogP contribution < -0.4 is 14.8 Å². The number of rotatable bonds is 4. The van der Waals surface area contributed by atoms with Crippen LogP contribution in [0, 0.1) is 18.3 Å². The Labute approximate surface area is 177 Å². The van der Waals surface area contributed by atoms with Gasteiger partial charge in [0.1, 0.15) is 28.9 Å². The van der Waals surface area contributed by atoms with Crippen LogP contribution in [0.2, 0.25) is 0 Å². The molecule has 1 amide bonds. The lowest BCUT2D eigenvalue weighted by atomic mass is 9.94. The summed E-state index contributed by atoms with van der Waals surface area (Å²) in [6.07, 6.45) is 3.32. The average Bonchev–Trinajstić information content (AvgIpc) is 3.27. The quantitative estimate of drug-likeness (QED) is 0.488. The van der Waals surface area contributed by atoms with Gasteiger partial charge in [0.25, 0.3) is 5.91 Å². The number of thiazole rings is 1. The van der Waals surface area contributed by atoms with Crippen LogP contribution in [0.5, 0.6) is 11.5 Å². The van der Waals surface area contributed by atoms with Crippen molar-refractivity contribution in [2.75, 3.05) is 12.4 Å². The Morgan fingerprint density at radius 2 is 2.03 bits per heavy atom. The van der Waals surface area contributed by atoms with Crippen molar-refractivity contribution in [3.8, 4) is 17.6 Å². The monoisotopic (exact) mass is 415 g/mol. The molecule has 6 nitrogen and oxygen atoms in total. The third kappa shape index (κ3) is 3.81. The Hall–Kier alpha value is -3.89. The van der Waals surface area contributed by atoms with Crippen molar-refractivity contribution in [3.63, 3.8) is 0 Å². The van der Waals surface area contributed by atoms with Gasteiger partial charge in [-0.05, 0) is 49.4 Å². The van der Waals surface area contributed by atoms with Gasteiger partial charge in [-0.2, -0.15) is 5.26 Å². The lowest BCUT2D eigenvalue weighted by Crippen LogP contribution is -2.16. The molecule has 0 unspecified atom stereocenters. The van der Waals surface area contributed by atoms with Crippen LogP contribution in [0.25, 0.3) is 11.3 Å². The molecule has 30 heavy (non-hydrogen) atoms. The second-order valence-electron chi connectivity index (χ2n) is 6.53. The number of amides is 1. The molecule has 1 aromatic heterocycles. The molecule has 2 aromatic carbocycles. The van der Waals surface area contributed by atoms with E-state index >= 15 is 0 Å².